The van der Waals surface area contributed by atoms with Gasteiger partial charge in [0.15, 0.2) is 0 Å². The lowest BCUT2D eigenvalue weighted by Crippen LogP contribution is -2.23. The Morgan fingerprint density at radius 3 is 3.06 bits per heavy atom. The van der Waals surface area contributed by atoms with E-state index in [9.17, 15) is 0 Å². The van der Waals surface area contributed by atoms with E-state index < -0.39 is 0 Å². The van der Waals surface area contributed by atoms with Gasteiger partial charge in [0, 0.05) is 18.2 Å². The number of para-hydroxylation sites is 1. The minimum absolute atomic E-state index is 0.690. The van der Waals surface area contributed by atoms with Crippen LogP contribution in [0.1, 0.15) is 38.2 Å². The normalized spacial score (nSPS) is 19.8. The Morgan fingerprint density at radius 1 is 1.41 bits per heavy atom. The summed E-state index contributed by atoms with van der Waals surface area (Å²) in [5, 5.41) is 7.05. The van der Waals surface area contributed by atoms with Crippen molar-refractivity contribution in [3.8, 4) is 0 Å². The minimum Gasteiger partial charge on any atom is -0.384 e. The number of hydrogen-bond donors (Lipinski definition) is 2. The van der Waals surface area contributed by atoms with Crippen molar-refractivity contribution < 1.29 is 0 Å². The molecule has 0 amide bonds. The summed E-state index contributed by atoms with van der Waals surface area (Å²) in [5.74, 6) is 1.49. The summed E-state index contributed by atoms with van der Waals surface area (Å²) in [6.07, 6.45) is 2.50. The molecule has 2 atom stereocenters. The van der Waals surface area contributed by atoms with Gasteiger partial charge in [0.2, 0.25) is 0 Å². The molecule has 17 heavy (non-hydrogen) atoms. The highest BCUT2D eigenvalue weighted by atomic mass is 14.9. The fourth-order valence-corrected chi connectivity index (χ4v) is 2.38. The van der Waals surface area contributed by atoms with Crippen LogP contribution in [0.4, 0.5) is 5.69 Å². The SMILES string of the molecule is CCC(C)CNCCC1CNc2ccccc21. The molecule has 0 radical (unpaired) electrons. The Morgan fingerprint density at radius 2 is 2.24 bits per heavy atom. The van der Waals surface area contributed by atoms with E-state index in [4.69, 9.17) is 0 Å². The second-order valence-electron chi connectivity index (χ2n) is 5.17. The largest absolute Gasteiger partial charge is 0.384 e. The fraction of sp³-hybridized carbons (Fsp3) is 0.600. The maximum atomic E-state index is 3.57. The van der Waals surface area contributed by atoms with Gasteiger partial charge in [0.25, 0.3) is 0 Å². The highest BCUT2D eigenvalue weighted by molar-refractivity contribution is 5.57. The van der Waals surface area contributed by atoms with Crippen LogP contribution < -0.4 is 10.6 Å². The van der Waals surface area contributed by atoms with Crippen LogP contribution in [0.2, 0.25) is 0 Å². The molecule has 0 saturated heterocycles. The van der Waals surface area contributed by atoms with Crippen molar-refractivity contribution >= 4 is 5.69 Å². The highest BCUT2D eigenvalue weighted by Gasteiger charge is 2.20. The topological polar surface area (TPSA) is 24.1 Å². The highest BCUT2D eigenvalue weighted by Crippen LogP contribution is 2.32. The molecule has 2 heteroatoms. The van der Waals surface area contributed by atoms with E-state index in [-0.39, 0.29) is 0 Å². The first-order valence-electron chi connectivity index (χ1n) is 6.84. The minimum atomic E-state index is 0.690. The van der Waals surface area contributed by atoms with E-state index in [1.807, 2.05) is 0 Å². The van der Waals surface area contributed by atoms with Gasteiger partial charge in [-0.2, -0.15) is 0 Å². The molecule has 0 fully saturated rings. The molecule has 0 saturated carbocycles. The molecular formula is C15H24N2. The Hall–Kier alpha value is -1.02. The third-order valence-corrected chi connectivity index (χ3v) is 3.80. The van der Waals surface area contributed by atoms with Crippen LogP contribution in [0.5, 0.6) is 0 Å². The summed E-state index contributed by atoms with van der Waals surface area (Å²) >= 11 is 0. The Bertz CT molecular complexity index is 349. The first-order valence-corrected chi connectivity index (χ1v) is 6.84. The molecule has 2 rings (SSSR count). The number of anilines is 1. The number of fused-ring (bicyclic) bond motifs is 1. The maximum absolute atomic E-state index is 3.57. The van der Waals surface area contributed by atoms with Gasteiger partial charge in [0.1, 0.15) is 0 Å². The molecule has 2 unspecified atom stereocenters. The van der Waals surface area contributed by atoms with Crippen molar-refractivity contribution in [3.63, 3.8) is 0 Å². The third kappa shape index (κ3) is 3.22. The van der Waals surface area contributed by atoms with E-state index in [2.05, 4.69) is 48.7 Å². The summed E-state index contributed by atoms with van der Waals surface area (Å²) in [6.45, 7) is 7.94. The van der Waals surface area contributed by atoms with Crippen molar-refractivity contribution in [1.29, 1.82) is 0 Å². The average Bonchev–Trinajstić information content (AvgIpc) is 2.78. The van der Waals surface area contributed by atoms with Crippen molar-refractivity contribution in [2.45, 2.75) is 32.6 Å². The van der Waals surface area contributed by atoms with Crippen LogP contribution in [-0.4, -0.2) is 19.6 Å². The monoisotopic (exact) mass is 232 g/mol. The molecular weight excluding hydrogens is 208 g/mol. The van der Waals surface area contributed by atoms with Crippen molar-refractivity contribution in [3.05, 3.63) is 29.8 Å². The van der Waals surface area contributed by atoms with Crippen molar-refractivity contribution in [1.82, 2.24) is 5.32 Å². The second-order valence-corrected chi connectivity index (χ2v) is 5.17. The molecule has 1 heterocycles. The van der Waals surface area contributed by atoms with Gasteiger partial charge < -0.3 is 10.6 Å². The van der Waals surface area contributed by atoms with Crippen molar-refractivity contribution in [2.24, 2.45) is 5.92 Å². The fourth-order valence-electron chi connectivity index (χ4n) is 2.38. The predicted octanol–water partition coefficient (Wildman–Crippen LogP) is 3.22. The number of rotatable bonds is 6. The molecule has 0 aromatic heterocycles. The van der Waals surface area contributed by atoms with E-state index in [1.54, 1.807) is 0 Å². The van der Waals surface area contributed by atoms with Gasteiger partial charge >= 0.3 is 0 Å². The molecule has 0 aliphatic carbocycles. The summed E-state index contributed by atoms with van der Waals surface area (Å²) in [4.78, 5) is 0. The molecule has 1 aliphatic rings. The average molecular weight is 232 g/mol. The van der Waals surface area contributed by atoms with Gasteiger partial charge in [-0.1, -0.05) is 38.5 Å². The number of hydrogen-bond acceptors (Lipinski definition) is 2. The maximum Gasteiger partial charge on any atom is 0.0376 e. The van der Waals surface area contributed by atoms with Gasteiger partial charge in [0.05, 0.1) is 0 Å². The lowest BCUT2D eigenvalue weighted by Gasteiger charge is -2.13. The third-order valence-electron chi connectivity index (χ3n) is 3.80. The standard InChI is InChI=1S/C15H24N2/c1-3-12(2)10-16-9-8-13-11-17-15-7-5-4-6-14(13)15/h4-7,12-13,16-17H,3,8-11H2,1-2H3. The molecule has 2 nitrogen and oxygen atoms in total. The molecule has 0 bridgehead atoms. The summed E-state index contributed by atoms with van der Waals surface area (Å²) in [6, 6.07) is 8.69. The zero-order chi connectivity index (χ0) is 12.1. The van der Waals surface area contributed by atoms with Crippen LogP contribution in [0.15, 0.2) is 24.3 Å². The zero-order valence-corrected chi connectivity index (χ0v) is 11.0. The summed E-state index contributed by atoms with van der Waals surface area (Å²) in [7, 11) is 0. The van der Waals surface area contributed by atoms with Crippen LogP contribution in [0, 0.1) is 5.92 Å². The smallest absolute Gasteiger partial charge is 0.0376 e. The number of benzene rings is 1. The van der Waals surface area contributed by atoms with Gasteiger partial charge in [-0.15, -0.1) is 0 Å². The van der Waals surface area contributed by atoms with Crippen molar-refractivity contribution in [2.75, 3.05) is 25.0 Å². The molecule has 2 N–H and O–H groups in total. The molecule has 94 valence electrons. The van der Waals surface area contributed by atoms with Gasteiger partial charge in [-0.25, -0.2) is 0 Å². The van der Waals surface area contributed by atoms with E-state index >= 15 is 0 Å². The van der Waals surface area contributed by atoms with E-state index in [0.29, 0.717) is 5.92 Å². The van der Waals surface area contributed by atoms with Gasteiger partial charge in [-0.3, -0.25) is 0 Å². The zero-order valence-electron chi connectivity index (χ0n) is 11.0. The lowest BCUT2D eigenvalue weighted by atomic mass is 9.98. The summed E-state index contributed by atoms with van der Waals surface area (Å²) in [5.41, 5.74) is 2.83. The Kier molecular flexibility index (Phi) is 4.43. The quantitative estimate of drug-likeness (QED) is 0.736. The first kappa shape index (κ1) is 12.4. The van der Waals surface area contributed by atoms with Crippen LogP contribution in [0.25, 0.3) is 0 Å². The summed E-state index contributed by atoms with van der Waals surface area (Å²) < 4.78 is 0. The van der Waals surface area contributed by atoms with Crippen LogP contribution in [-0.2, 0) is 0 Å². The van der Waals surface area contributed by atoms with Crippen LogP contribution >= 0.6 is 0 Å². The Balaban J connectivity index is 1.75. The Labute approximate surface area is 105 Å². The molecule has 0 spiro atoms. The van der Waals surface area contributed by atoms with E-state index in [0.717, 1.165) is 25.6 Å². The lowest BCUT2D eigenvalue weighted by molar-refractivity contribution is 0.485. The molecule has 1 aromatic carbocycles. The molecule has 1 aliphatic heterocycles. The van der Waals surface area contributed by atoms with Crippen LogP contribution in [0.3, 0.4) is 0 Å². The number of nitrogens with one attached hydrogen (secondary N) is 2. The predicted molar refractivity (Wildman–Crippen MR) is 74.6 cm³/mol. The van der Waals surface area contributed by atoms with E-state index in [1.165, 1.54) is 24.1 Å². The molecule has 1 aromatic rings. The van der Waals surface area contributed by atoms with Gasteiger partial charge in [-0.05, 0) is 37.1 Å². The first-order chi connectivity index (χ1) is 8.31. The second kappa shape index (κ2) is 6.06.